The number of anilines is 2. The first-order valence-electron chi connectivity index (χ1n) is 9.58. The fourth-order valence-electron chi connectivity index (χ4n) is 3.18. The number of aromatic nitrogens is 2. The lowest BCUT2D eigenvalue weighted by atomic mass is 10.3. The molecule has 2 heterocycles. The number of methoxy groups -OCH3 is 1. The standard InChI is InChI=1S/C19H19N5O5S3/c1-29-14-6-4-5-13(11-14)20-18-21-22-19(31-18)30-17-8-7-15(12-16(17)24(25)26)32(27,28)23-9-2-3-10-23/h4-8,11-12H,2-3,9-10H2,1H3,(H,20,21). The van der Waals surface area contributed by atoms with Crippen LogP contribution >= 0.6 is 23.1 Å². The van der Waals surface area contributed by atoms with Gasteiger partial charge < -0.3 is 10.1 Å². The van der Waals surface area contributed by atoms with Gasteiger partial charge in [0.05, 0.1) is 21.8 Å². The van der Waals surface area contributed by atoms with Gasteiger partial charge in [0.25, 0.3) is 5.69 Å². The zero-order chi connectivity index (χ0) is 22.7. The molecule has 10 nitrogen and oxygen atoms in total. The molecule has 0 atom stereocenters. The van der Waals surface area contributed by atoms with E-state index >= 15 is 0 Å². The summed E-state index contributed by atoms with van der Waals surface area (Å²) >= 11 is 2.29. The van der Waals surface area contributed by atoms with Crippen LogP contribution in [-0.4, -0.2) is 48.0 Å². The maximum Gasteiger partial charge on any atom is 0.284 e. The summed E-state index contributed by atoms with van der Waals surface area (Å²) in [6, 6.07) is 11.3. The van der Waals surface area contributed by atoms with E-state index in [1.165, 1.54) is 27.8 Å². The highest BCUT2D eigenvalue weighted by Crippen LogP contribution is 2.39. The van der Waals surface area contributed by atoms with Crippen LogP contribution in [0.15, 0.2) is 56.6 Å². The number of sulfonamides is 1. The zero-order valence-electron chi connectivity index (χ0n) is 16.9. The summed E-state index contributed by atoms with van der Waals surface area (Å²) in [5.41, 5.74) is 0.479. The van der Waals surface area contributed by atoms with Gasteiger partial charge in [-0.2, -0.15) is 4.31 Å². The highest BCUT2D eigenvalue weighted by Gasteiger charge is 2.29. The number of nitrogens with zero attached hydrogens (tertiary/aromatic N) is 4. The highest BCUT2D eigenvalue weighted by atomic mass is 32.2. The summed E-state index contributed by atoms with van der Waals surface area (Å²) in [5.74, 6) is 0.689. The van der Waals surface area contributed by atoms with Gasteiger partial charge in [-0.3, -0.25) is 10.1 Å². The van der Waals surface area contributed by atoms with Crippen molar-refractivity contribution in [3.05, 3.63) is 52.6 Å². The average molecular weight is 494 g/mol. The number of nitro benzene ring substituents is 1. The number of nitrogens with one attached hydrogen (secondary N) is 1. The van der Waals surface area contributed by atoms with Crippen molar-refractivity contribution in [2.75, 3.05) is 25.5 Å². The first-order chi connectivity index (χ1) is 15.4. The molecular weight excluding hydrogens is 474 g/mol. The Bertz CT molecular complexity index is 1240. The van der Waals surface area contributed by atoms with Crippen LogP contribution in [0.4, 0.5) is 16.5 Å². The monoisotopic (exact) mass is 493 g/mol. The molecule has 0 bridgehead atoms. The Balaban J connectivity index is 1.54. The molecule has 0 spiro atoms. The lowest BCUT2D eigenvalue weighted by Crippen LogP contribution is -2.27. The maximum atomic E-state index is 12.8. The van der Waals surface area contributed by atoms with Crippen LogP contribution in [0, 0.1) is 10.1 Å². The minimum atomic E-state index is -3.75. The molecule has 1 fully saturated rings. The van der Waals surface area contributed by atoms with Crippen molar-refractivity contribution >= 4 is 49.6 Å². The van der Waals surface area contributed by atoms with E-state index in [-0.39, 0.29) is 10.6 Å². The van der Waals surface area contributed by atoms with E-state index in [1.54, 1.807) is 13.2 Å². The van der Waals surface area contributed by atoms with Crippen LogP contribution in [0.2, 0.25) is 0 Å². The summed E-state index contributed by atoms with van der Waals surface area (Å²) in [4.78, 5) is 11.3. The van der Waals surface area contributed by atoms with Crippen molar-refractivity contribution in [1.82, 2.24) is 14.5 Å². The summed E-state index contributed by atoms with van der Waals surface area (Å²) in [5, 5.41) is 23.4. The molecule has 1 N–H and O–H groups in total. The molecule has 13 heteroatoms. The normalized spacial score (nSPS) is 14.4. The number of nitro groups is 1. The molecule has 2 aromatic carbocycles. The van der Waals surface area contributed by atoms with Gasteiger partial charge in [0, 0.05) is 30.9 Å². The third-order valence-electron chi connectivity index (χ3n) is 4.75. The SMILES string of the molecule is COc1cccc(Nc2nnc(Sc3ccc(S(=O)(=O)N4CCCC4)cc3[N+](=O)[O-])s2)c1. The van der Waals surface area contributed by atoms with Crippen molar-refractivity contribution in [3.8, 4) is 5.75 Å². The Labute approximate surface area is 192 Å². The summed E-state index contributed by atoms with van der Waals surface area (Å²) in [6.07, 6.45) is 1.58. The fourth-order valence-corrected chi connectivity index (χ4v) is 6.54. The minimum Gasteiger partial charge on any atom is -0.497 e. The predicted octanol–water partition coefficient (Wildman–Crippen LogP) is 4.13. The van der Waals surface area contributed by atoms with Crippen LogP contribution in [0.5, 0.6) is 5.75 Å². The Kier molecular flexibility index (Phi) is 6.60. The van der Waals surface area contributed by atoms with E-state index in [0.29, 0.717) is 33.2 Å². The Hall–Kier alpha value is -2.74. The Morgan fingerprint density at radius 3 is 2.69 bits per heavy atom. The molecule has 1 aliphatic rings. The lowest BCUT2D eigenvalue weighted by Gasteiger charge is -2.15. The Morgan fingerprint density at radius 1 is 1.19 bits per heavy atom. The maximum absolute atomic E-state index is 12.8. The van der Waals surface area contributed by atoms with Crippen molar-refractivity contribution in [2.24, 2.45) is 0 Å². The number of benzene rings is 2. The second-order valence-electron chi connectivity index (χ2n) is 6.83. The second kappa shape index (κ2) is 9.40. The van der Waals surface area contributed by atoms with Crippen molar-refractivity contribution in [1.29, 1.82) is 0 Å². The molecular formula is C19H19N5O5S3. The van der Waals surface area contributed by atoms with Crippen LogP contribution in [-0.2, 0) is 10.0 Å². The number of hydrogen-bond donors (Lipinski definition) is 1. The minimum absolute atomic E-state index is 0.0758. The zero-order valence-corrected chi connectivity index (χ0v) is 19.4. The van der Waals surface area contributed by atoms with E-state index in [0.717, 1.165) is 36.4 Å². The topological polar surface area (TPSA) is 128 Å². The van der Waals surface area contributed by atoms with Crippen LogP contribution in [0.25, 0.3) is 0 Å². The number of rotatable bonds is 8. The van der Waals surface area contributed by atoms with E-state index in [4.69, 9.17) is 4.74 Å². The van der Waals surface area contributed by atoms with E-state index in [2.05, 4.69) is 15.5 Å². The number of ether oxygens (including phenoxy) is 1. The largest absolute Gasteiger partial charge is 0.497 e. The molecule has 32 heavy (non-hydrogen) atoms. The number of hydrogen-bond acceptors (Lipinski definition) is 10. The molecule has 0 radical (unpaired) electrons. The van der Waals surface area contributed by atoms with Gasteiger partial charge in [0.2, 0.25) is 15.2 Å². The molecule has 3 aromatic rings. The van der Waals surface area contributed by atoms with Gasteiger partial charge in [-0.05, 0) is 48.9 Å². The van der Waals surface area contributed by atoms with Gasteiger partial charge in [-0.15, -0.1) is 10.2 Å². The van der Waals surface area contributed by atoms with Crippen molar-refractivity contribution < 1.29 is 18.1 Å². The second-order valence-corrected chi connectivity index (χ2v) is 11.0. The van der Waals surface area contributed by atoms with Crippen LogP contribution < -0.4 is 10.1 Å². The first-order valence-corrected chi connectivity index (χ1v) is 12.6. The molecule has 0 unspecified atom stereocenters. The quantitative estimate of drug-likeness (QED) is 0.364. The summed E-state index contributed by atoms with van der Waals surface area (Å²) in [6.45, 7) is 0.862. The molecule has 1 saturated heterocycles. The van der Waals surface area contributed by atoms with Gasteiger partial charge >= 0.3 is 0 Å². The molecule has 0 amide bonds. The van der Waals surface area contributed by atoms with Crippen molar-refractivity contribution in [2.45, 2.75) is 27.0 Å². The molecule has 1 aliphatic heterocycles. The summed E-state index contributed by atoms with van der Waals surface area (Å²) < 4.78 is 32.6. The van der Waals surface area contributed by atoms with Gasteiger partial charge in [0.1, 0.15) is 5.75 Å². The average Bonchev–Trinajstić information content (AvgIpc) is 3.47. The van der Waals surface area contributed by atoms with E-state index < -0.39 is 14.9 Å². The molecule has 0 aliphatic carbocycles. The third kappa shape index (κ3) is 4.85. The summed E-state index contributed by atoms with van der Waals surface area (Å²) in [7, 11) is -2.17. The molecule has 0 saturated carbocycles. The lowest BCUT2D eigenvalue weighted by molar-refractivity contribution is -0.388. The van der Waals surface area contributed by atoms with Crippen LogP contribution in [0.3, 0.4) is 0 Å². The van der Waals surface area contributed by atoms with Gasteiger partial charge in [0.15, 0.2) is 4.34 Å². The van der Waals surface area contributed by atoms with E-state index in [1.807, 2.05) is 18.2 Å². The molecule has 4 rings (SSSR count). The predicted molar refractivity (Wildman–Crippen MR) is 121 cm³/mol. The fraction of sp³-hybridized carbons (Fsp3) is 0.263. The molecule has 1 aromatic heterocycles. The Morgan fingerprint density at radius 2 is 1.97 bits per heavy atom. The van der Waals surface area contributed by atoms with Crippen molar-refractivity contribution in [3.63, 3.8) is 0 Å². The van der Waals surface area contributed by atoms with Gasteiger partial charge in [-0.1, -0.05) is 17.4 Å². The van der Waals surface area contributed by atoms with Gasteiger partial charge in [-0.25, -0.2) is 8.42 Å². The highest BCUT2D eigenvalue weighted by molar-refractivity contribution is 8.01. The first kappa shape index (κ1) is 22.5. The third-order valence-corrected chi connectivity index (χ3v) is 8.60. The smallest absolute Gasteiger partial charge is 0.284 e. The molecule has 168 valence electrons. The van der Waals surface area contributed by atoms with Crippen LogP contribution in [0.1, 0.15) is 12.8 Å². The van der Waals surface area contributed by atoms with E-state index in [9.17, 15) is 18.5 Å².